The van der Waals surface area contributed by atoms with Crippen molar-refractivity contribution in [3.8, 4) is 0 Å². The largest absolute Gasteiger partial charge is 0.465 e. The number of nitrogens with zero attached hydrogens (tertiary/aromatic N) is 2. The van der Waals surface area contributed by atoms with Crippen LogP contribution in [-0.2, 0) is 14.2 Å². The van der Waals surface area contributed by atoms with Gasteiger partial charge in [-0.25, -0.2) is 4.79 Å². The van der Waals surface area contributed by atoms with Crippen LogP contribution in [0.1, 0.15) is 53.9 Å². The molecule has 148 valence electrons. The number of amides is 1. The Bertz CT molecular complexity index is 538. The van der Waals surface area contributed by atoms with Crippen LogP contribution in [0.3, 0.4) is 0 Å². The number of hydrogen-bond donors (Lipinski definition) is 0. The Morgan fingerprint density at radius 3 is 2.54 bits per heavy atom. The SMILES string of the molecule is C=CC[C@@H](OC(=S)N1CCCC1)[C@@H]1COC(C)(C)N1C(=O)OC(C)(C)C. The lowest BCUT2D eigenvalue weighted by atomic mass is 10.1. The van der Waals surface area contributed by atoms with Crippen molar-refractivity contribution in [2.45, 2.75) is 77.4 Å². The monoisotopic (exact) mass is 384 g/mol. The summed E-state index contributed by atoms with van der Waals surface area (Å²) in [5, 5.41) is 0.489. The van der Waals surface area contributed by atoms with Crippen molar-refractivity contribution in [2.75, 3.05) is 19.7 Å². The van der Waals surface area contributed by atoms with Gasteiger partial charge in [-0.15, -0.1) is 6.58 Å². The van der Waals surface area contributed by atoms with Crippen LogP contribution < -0.4 is 0 Å². The molecule has 0 aliphatic carbocycles. The van der Waals surface area contributed by atoms with Crippen molar-refractivity contribution in [3.05, 3.63) is 12.7 Å². The fourth-order valence-corrected chi connectivity index (χ4v) is 3.63. The van der Waals surface area contributed by atoms with Crippen LogP contribution in [0.25, 0.3) is 0 Å². The minimum atomic E-state index is -0.773. The molecule has 26 heavy (non-hydrogen) atoms. The van der Waals surface area contributed by atoms with Crippen molar-refractivity contribution < 1.29 is 19.0 Å². The molecule has 2 atom stereocenters. The summed E-state index contributed by atoms with van der Waals surface area (Å²) in [6, 6.07) is -0.293. The first kappa shape index (κ1) is 21.0. The minimum Gasteiger partial charge on any atom is -0.465 e. The summed E-state index contributed by atoms with van der Waals surface area (Å²) >= 11 is 5.48. The van der Waals surface area contributed by atoms with Crippen molar-refractivity contribution in [1.29, 1.82) is 0 Å². The first-order chi connectivity index (χ1) is 12.0. The Kier molecular flexibility index (Phi) is 6.55. The van der Waals surface area contributed by atoms with E-state index in [1.165, 1.54) is 0 Å². The molecule has 0 bridgehead atoms. The first-order valence-electron chi connectivity index (χ1n) is 9.28. The number of carbonyl (C=O) groups excluding carboxylic acids is 1. The third kappa shape index (κ3) is 5.10. The summed E-state index contributed by atoms with van der Waals surface area (Å²) in [7, 11) is 0. The number of rotatable bonds is 4. The van der Waals surface area contributed by atoms with Gasteiger partial charge in [-0.1, -0.05) is 6.08 Å². The van der Waals surface area contributed by atoms with Crippen molar-refractivity contribution in [3.63, 3.8) is 0 Å². The Hall–Kier alpha value is -1.34. The van der Waals surface area contributed by atoms with Gasteiger partial charge in [-0.2, -0.15) is 0 Å². The van der Waals surface area contributed by atoms with Gasteiger partial charge in [0, 0.05) is 19.5 Å². The summed E-state index contributed by atoms with van der Waals surface area (Å²) in [5.74, 6) is 0. The molecule has 7 heteroatoms. The highest BCUT2D eigenvalue weighted by molar-refractivity contribution is 7.80. The van der Waals surface area contributed by atoms with E-state index in [9.17, 15) is 4.79 Å². The zero-order valence-corrected chi connectivity index (χ0v) is 17.4. The van der Waals surface area contributed by atoms with Crippen LogP contribution in [-0.4, -0.2) is 64.2 Å². The summed E-state index contributed by atoms with van der Waals surface area (Å²) in [6.07, 6.45) is 3.87. The second-order valence-electron chi connectivity index (χ2n) is 8.32. The molecular weight excluding hydrogens is 352 g/mol. The molecule has 0 aromatic heterocycles. The fraction of sp³-hybridized carbons (Fsp3) is 0.789. The molecule has 0 aromatic rings. The summed E-state index contributed by atoms with van der Waals surface area (Å²) < 4.78 is 17.6. The number of carbonyl (C=O) groups is 1. The number of likely N-dealkylation sites (tertiary alicyclic amines) is 1. The van der Waals surface area contributed by atoms with Gasteiger partial charge in [-0.05, 0) is 59.7 Å². The molecule has 2 saturated heterocycles. The lowest BCUT2D eigenvalue weighted by Crippen LogP contribution is -2.54. The van der Waals surface area contributed by atoms with Crippen LogP contribution in [0.2, 0.25) is 0 Å². The summed E-state index contributed by atoms with van der Waals surface area (Å²) in [5.41, 5.74) is -1.36. The van der Waals surface area contributed by atoms with E-state index in [0.717, 1.165) is 25.9 Å². The standard InChI is InChI=1S/C19H32N2O4S/c1-7-10-15(24-17(26)20-11-8-9-12-20)14-13-23-19(5,6)21(14)16(22)25-18(2,3)4/h7,14-15H,1,8-13H2,2-6H3/t14-,15+/m0/s1. The quantitative estimate of drug-likeness (QED) is 0.544. The number of hydrogen-bond acceptors (Lipinski definition) is 5. The highest BCUT2D eigenvalue weighted by atomic mass is 32.1. The molecule has 2 heterocycles. The van der Waals surface area contributed by atoms with Gasteiger partial charge in [0.2, 0.25) is 0 Å². The van der Waals surface area contributed by atoms with E-state index >= 15 is 0 Å². The van der Waals surface area contributed by atoms with Crippen molar-refractivity contribution in [2.24, 2.45) is 0 Å². The van der Waals surface area contributed by atoms with Gasteiger partial charge in [0.1, 0.15) is 17.4 Å². The normalized spacial score (nSPS) is 23.7. The molecule has 0 aromatic carbocycles. The van der Waals surface area contributed by atoms with Crippen LogP contribution >= 0.6 is 12.2 Å². The Morgan fingerprint density at radius 1 is 1.38 bits per heavy atom. The van der Waals surface area contributed by atoms with E-state index in [-0.39, 0.29) is 12.1 Å². The second-order valence-corrected chi connectivity index (χ2v) is 8.67. The predicted molar refractivity (Wildman–Crippen MR) is 105 cm³/mol. The molecule has 0 saturated carbocycles. The summed E-state index contributed by atoms with van der Waals surface area (Å²) in [4.78, 5) is 16.5. The van der Waals surface area contributed by atoms with Crippen LogP contribution in [0.5, 0.6) is 0 Å². The molecule has 2 rings (SSSR count). The fourth-order valence-electron chi connectivity index (χ4n) is 3.32. The van der Waals surface area contributed by atoms with E-state index in [2.05, 4.69) is 11.5 Å². The van der Waals surface area contributed by atoms with Gasteiger partial charge < -0.3 is 19.1 Å². The molecule has 2 aliphatic rings. The number of ether oxygens (including phenoxy) is 3. The number of thiocarbonyl (C=S) groups is 1. The van der Waals surface area contributed by atoms with Crippen LogP contribution in [0.15, 0.2) is 12.7 Å². The van der Waals surface area contributed by atoms with E-state index in [4.69, 9.17) is 26.4 Å². The third-order valence-electron chi connectivity index (χ3n) is 4.55. The average molecular weight is 385 g/mol. The highest BCUT2D eigenvalue weighted by Crippen LogP contribution is 2.33. The van der Waals surface area contributed by atoms with Crippen molar-refractivity contribution >= 4 is 23.5 Å². The van der Waals surface area contributed by atoms with E-state index < -0.39 is 17.4 Å². The van der Waals surface area contributed by atoms with Gasteiger partial charge in [-0.3, -0.25) is 4.90 Å². The maximum atomic E-state index is 12.8. The van der Waals surface area contributed by atoms with E-state index in [0.29, 0.717) is 18.2 Å². The lowest BCUT2D eigenvalue weighted by Gasteiger charge is -2.37. The molecular formula is C19H32N2O4S. The molecule has 0 unspecified atom stereocenters. The molecule has 0 N–H and O–H groups in total. The maximum Gasteiger partial charge on any atom is 0.413 e. The van der Waals surface area contributed by atoms with Crippen molar-refractivity contribution in [1.82, 2.24) is 9.80 Å². The average Bonchev–Trinajstić information content (AvgIpc) is 3.12. The van der Waals surface area contributed by atoms with Crippen LogP contribution in [0.4, 0.5) is 4.79 Å². The highest BCUT2D eigenvalue weighted by Gasteiger charge is 2.49. The third-order valence-corrected chi connectivity index (χ3v) is 4.91. The minimum absolute atomic E-state index is 0.293. The predicted octanol–water partition coefficient (Wildman–Crippen LogP) is 3.70. The molecule has 2 aliphatic heterocycles. The van der Waals surface area contributed by atoms with E-state index in [1.807, 2.05) is 34.6 Å². The molecule has 0 radical (unpaired) electrons. The first-order valence-corrected chi connectivity index (χ1v) is 9.69. The lowest BCUT2D eigenvalue weighted by molar-refractivity contribution is -0.0673. The van der Waals surface area contributed by atoms with Gasteiger partial charge in [0.15, 0.2) is 0 Å². The Morgan fingerprint density at radius 2 is 2.00 bits per heavy atom. The molecule has 1 amide bonds. The summed E-state index contributed by atoms with van der Waals surface area (Å²) in [6.45, 7) is 15.3. The van der Waals surface area contributed by atoms with E-state index in [1.54, 1.807) is 11.0 Å². The van der Waals surface area contributed by atoms with Gasteiger partial charge in [0.05, 0.1) is 12.6 Å². The van der Waals surface area contributed by atoms with Crippen LogP contribution in [0, 0.1) is 0 Å². The Balaban J connectivity index is 2.17. The molecule has 2 fully saturated rings. The topological polar surface area (TPSA) is 51.2 Å². The van der Waals surface area contributed by atoms with Gasteiger partial charge in [0.25, 0.3) is 5.17 Å². The molecule has 6 nitrogen and oxygen atoms in total. The maximum absolute atomic E-state index is 12.8. The zero-order valence-electron chi connectivity index (χ0n) is 16.6. The second kappa shape index (κ2) is 8.13. The zero-order chi connectivity index (χ0) is 19.5. The Labute approximate surface area is 162 Å². The van der Waals surface area contributed by atoms with Gasteiger partial charge >= 0.3 is 6.09 Å². The molecule has 0 spiro atoms. The smallest absolute Gasteiger partial charge is 0.413 e.